The Labute approximate surface area is 76.9 Å². The molecule has 1 saturated heterocycles. The summed E-state index contributed by atoms with van der Waals surface area (Å²) < 4.78 is 35.6. The Hall–Kier alpha value is -0.250. The first-order chi connectivity index (χ1) is 5.97. The first-order valence-corrected chi connectivity index (χ1v) is 4.76. The number of halogens is 3. The minimum atomic E-state index is -4.00. The highest BCUT2D eigenvalue weighted by Gasteiger charge is 2.28. The van der Waals surface area contributed by atoms with Gasteiger partial charge in [-0.05, 0) is 25.3 Å². The molecule has 1 aliphatic heterocycles. The van der Waals surface area contributed by atoms with Crippen molar-refractivity contribution in [1.29, 1.82) is 0 Å². The molecule has 13 heavy (non-hydrogen) atoms. The van der Waals surface area contributed by atoms with Gasteiger partial charge < -0.3 is 4.90 Å². The van der Waals surface area contributed by atoms with Crippen LogP contribution in [0, 0.1) is 5.92 Å². The van der Waals surface area contributed by atoms with E-state index in [0.717, 1.165) is 25.9 Å². The van der Waals surface area contributed by atoms with Crippen molar-refractivity contribution >= 4 is 0 Å². The molecule has 0 N–H and O–H groups in total. The summed E-state index contributed by atoms with van der Waals surface area (Å²) in [6, 6.07) is 0. The molecule has 1 heterocycles. The summed E-state index contributed by atoms with van der Waals surface area (Å²) in [5, 5.41) is 0. The molecule has 1 aliphatic rings. The fourth-order valence-electron chi connectivity index (χ4n) is 1.77. The minimum Gasteiger partial charge on any atom is -0.303 e. The number of piperidine rings is 1. The van der Waals surface area contributed by atoms with Crippen LogP contribution < -0.4 is 0 Å². The average Bonchev–Trinajstić information content (AvgIpc) is 2.00. The largest absolute Gasteiger partial charge is 0.390 e. The third-order valence-electron chi connectivity index (χ3n) is 2.45. The molecule has 78 valence electrons. The highest BCUT2D eigenvalue weighted by molar-refractivity contribution is 4.70. The lowest BCUT2D eigenvalue weighted by molar-refractivity contribution is -0.138. The quantitative estimate of drug-likeness (QED) is 0.654. The lowest BCUT2D eigenvalue weighted by Crippen LogP contribution is -2.36. The summed E-state index contributed by atoms with van der Waals surface area (Å²) >= 11 is 0. The molecule has 0 unspecified atom stereocenters. The van der Waals surface area contributed by atoms with E-state index in [1.807, 2.05) is 4.90 Å². The van der Waals surface area contributed by atoms with Crippen molar-refractivity contribution in [1.82, 2.24) is 4.90 Å². The third-order valence-corrected chi connectivity index (χ3v) is 2.45. The maximum Gasteiger partial charge on any atom is 0.390 e. The fraction of sp³-hybridized carbons (Fsp3) is 1.00. The van der Waals surface area contributed by atoms with Crippen LogP contribution in [0.1, 0.15) is 26.2 Å². The number of hydrogen-bond donors (Lipinski definition) is 0. The molecule has 0 bridgehead atoms. The first-order valence-electron chi connectivity index (χ1n) is 4.76. The van der Waals surface area contributed by atoms with Crippen LogP contribution in [-0.4, -0.2) is 30.7 Å². The Morgan fingerprint density at radius 2 is 2.08 bits per heavy atom. The van der Waals surface area contributed by atoms with Crippen molar-refractivity contribution in [3.05, 3.63) is 0 Å². The summed E-state index contributed by atoms with van der Waals surface area (Å²) in [6.07, 6.45) is -2.47. The van der Waals surface area contributed by atoms with Crippen LogP contribution in [0.3, 0.4) is 0 Å². The lowest BCUT2D eigenvalue weighted by atomic mass is 10.0. The zero-order valence-corrected chi connectivity index (χ0v) is 7.90. The highest BCUT2D eigenvalue weighted by atomic mass is 19.4. The van der Waals surface area contributed by atoms with Crippen molar-refractivity contribution in [3.63, 3.8) is 0 Å². The van der Waals surface area contributed by atoms with E-state index in [1.54, 1.807) is 0 Å². The van der Waals surface area contributed by atoms with E-state index in [-0.39, 0.29) is 6.54 Å². The second-order valence-electron chi connectivity index (χ2n) is 3.91. The van der Waals surface area contributed by atoms with Gasteiger partial charge in [0.15, 0.2) is 0 Å². The molecule has 0 saturated carbocycles. The summed E-state index contributed by atoms with van der Waals surface area (Å²) in [5.41, 5.74) is 0. The zero-order valence-electron chi connectivity index (χ0n) is 7.90. The van der Waals surface area contributed by atoms with E-state index in [2.05, 4.69) is 6.92 Å². The standard InChI is InChI=1S/C9H16F3N/c1-8-3-2-5-13(7-8)6-4-9(10,11)12/h8H,2-7H2,1H3/t8-/m1/s1. The summed E-state index contributed by atoms with van der Waals surface area (Å²) in [7, 11) is 0. The van der Waals surface area contributed by atoms with Gasteiger partial charge in [0.25, 0.3) is 0 Å². The maximum absolute atomic E-state index is 11.9. The predicted molar refractivity (Wildman–Crippen MR) is 45.5 cm³/mol. The van der Waals surface area contributed by atoms with Crippen molar-refractivity contribution in [2.24, 2.45) is 5.92 Å². The molecule has 0 aliphatic carbocycles. The SMILES string of the molecule is C[C@@H]1CCCN(CCC(F)(F)F)C1. The Morgan fingerprint density at radius 1 is 1.38 bits per heavy atom. The topological polar surface area (TPSA) is 3.24 Å². The number of hydrogen-bond acceptors (Lipinski definition) is 1. The molecule has 0 aromatic rings. The van der Waals surface area contributed by atoms with Gasteiger partial charge >= 0.3 is 6.18 Å². The molecule has 1 nitrogen and oxygen atoms in total. The monoisotopic (exact) mass is 195 g/mol. The number of nitrogens with zero attached hydrogens (tertiary/aromatic N) is 1. The summed E-state index contributed by atoms with van der Waals surface area (Å²) in [5.74, 6) is 0.557. The third kappa shape index (κ3) is 4.50. The second-order valence-corrected chi connectivity index (χ2v) is 3.91. The van der Waals surface area contributed by atoms with Gasteiger partial charge in [-0.15, -0.1) is 0 Å². The van der Waals surface area contributed by atoms with Gasteiger partial charge in [0.2, 0.25) is 0 Å². The average molecular weight is 195 g/mol. The molecule has 0 aromatic carbocycles. The van der Waals surface area contributed by atoms with Crippen LogP contribution in [0.4, 0.5) is 13.2 Å². The van der Waals surface area contributed by atoms with E-state index < -0.39 is 12.6 Å². The maximum atomic E-state index is 11.9. The van der Waals surface area contributed by atoms with Gasteiger partial charge in [-0.3, -0.25) is 0 Å². The van der Waals surface area contributed by atoms with E-state index in [1.165, 1.54) is 0 Å². The number of likely N-dealkylation sites (tertiary alicyclic amines) is 1. The van der Waals surface area contributed by atoms with Crippen LogP contribution in [-0.2, 0) is 0 Å². The smallest absolute Gasteiger partial charge is 0.303 e. The molecule has 0 radical (unpaired) electrons. The molecular weight excluding hydrogens is 179 g/mol. The Kier molecular flexibility index (Phi) is 3.59. The molecule has 0 aromatic heterocycles. The van der Waals surface area contributed by atoms with Crippen molar-refractivity contribution < 1.29 is 13.2 Å². The summed E-state index contributed by atoms with van der Waals surface area (Å²) in [6.45, 7) is 3.93. The molecule has 1 rings (SSSR count). The Morgan fingerprint density at radius 3 is 2.62 bits per heavy atom. The van der Waals surface area contributed by atoms with Crippen LogP contribution in [0.15, 0.2) is 0 Å². The van der Waals surface area contributed by atoms with E-state index >= 15 is 0 Å². The highest BCUT2D eigenvalue weighted by Crippen LogP contribution is 2.22. The molecular formula is C9H16F3N. The van der Waals surface area contributed by atoms with Gasteiger partial charge in [-0.1, -0.05) is 6.92 Å². The molecule has 0 amide bonds. The van der Waals surface area contributed by atoms with Crippen molar-refractivity contribution in [3.8, 4) is 0 Å². The lowest BCUT2D eigenvalue weighted by Gasteiger charge is -2.30. The molecule has 1 fully saturated rings. The van der Waals surface area contributed by atoms with Gasteiger partial charge in [-0.2, -0.15) is 13.2 Å². The normalized spacial score (nSPS) is 26.3. The van der Waals surface area contributed by atoms with Gasteiger partial charge in [0, 0.05) is 13.1 Å². The second kappa shape index (κ2) is 4.31. The zero-order chi connectivity index (χ0) is 9.90. The van der Waals surface area contributed by atoms with Gasteiger partial charge in [0.1, 0.15) is 0 Å². The van der Waals surface area contributed by atoms with E-state index in [4.69, 9.17) is 0 Å². The van der Waals surface area contributed by atoms with Crippen molar-refractivity contribution in [2.75, 3.05) is 19.6 Å². The summed E-state index contributed by atoms with van der Waals surface area (Å²) in [4.78, 5) is 1.92. The van der Waals surface area contributed by atoms with Crippen LogP contribution >= 0.6 is 0 Å². The van der Waals surface area contributed by atoms with Gasteiger partial charge in [0.05, 0.1) is 6.42 Å². The Bertz CT molecular complexity index is 155. The van der Waals surface area contributed by atoms with Crippen LogP contribution in [0.2, 0.25) is 0 Å². The number of rotatable bonds is 2. The molecule has 1 atom stereocenters. The van der Waals surface area contributed by atoms with E-state index in [9.17, 15) is 13.2 Å². The minimum absolute atomic E-state index is 0.174. The molecule has 4 heteroatoms. The molecule has 0 spiro atoms. The van der Waals surface area contributed by atoms with E-state index in [0.29, 0.717) is 5.92 Å². The van der Waals surface area contributed by atoms with Crippen molar-refractivity contribution in [2.45, 2.75) is 32.4 Å². The van der Waals surface area contributed by atoms with Gasteiger partial charge in [-0.25, -0.2) is 0 Å². The van der Waals surface area contributed by atoms with Crippen LogP contribution in [0.25, 0.3) is 0 Å². The predicted octanol–water partition coefficient (Wildman–Crippen LogP) is 2.67. The Balaban J connectivity index is 2.21. The first kappa shape index (κ1) is 10.8. The van der Waals surface area contributed by atoms with Crippen LogP contribution in [0.5, 0.6) is 0 Å². The fourth-order valence-corrected chi connectivity index (χ4v) is 1.77. The number of alkyl halides is 3.